The van der Waals surface area contributed by atoms with Gasteiger partial charge in [-0.05, 0) is 32.4 Å². The molecule has 1 fully saturated rings. The minimum Gasteiger partial charge on any atom is -0.484 e. The summed E-state index contributed by atoms with van der Waals surface area (Å²) in [5, 5.41) is 21.0. The predicted octanol–water partition coefficient (Wildman–Crippen LogP) is 2.21. The molecule has 2 rings (SSSR count). The summed E-state index contributed by atoms with van der Waals surface area (Å²) >= 11 is 0. The summed E-state index contributed by atoms with van der Waals surface area (Å²) in [6.07, 6.45) is 2.89. The van der Waals surface area contributed by atoms with E-state index in [2.05, 4.69) is 11.8 Å². The molecule has 1 aliphatic rings. The summed E-state index contributed by atoms with van der Waals surface area (Å²) in [5.74, 6) is 0.202. The number of rotatable bonds is 6. The molecule has 0 spiro atoms. The summed E-state index contributed by atoms with van der Waals surface area (Å²) in [7, 11) is 0. The van der Waals surface area contributed by atoms with E-state index < -0.39 is 11.0 Å². The third-order valence-corrected chi connectivity index (χ3v) is 3.88. The molecule has 6 heteroatoms. The SMILES string of the molecule is C[C@H]1CCCCN1C[C@H](O)COc1ccccc1[N+](=O)[O-]. The fourth-order valence-electron chi connectivity index (χ4n) is 2.67. The Morgan fingerprint density at radius 1 is 1.48 bits per heavy atom. The van der Waals surface area contributed by atoms with Gasteiger partial charge in [0.05, 0.1) is 4.92 Å². The van der Waals surface area contributed by atoms with Gasteiger partial charge >= 0.3 is 5.69 Å². The monoisotopic (exact) mass is 294 g/mol. The fourth-order valence-corrected chi connectivity index (χ4v) is 2.67. The van der Waals surface area contributed by atoms with Gasteiger partial charge in [-0.2, -0.15) is 0 Å². The molecule has 1 aliphatic heterocycles. The zero-order valence-electron chi connectivity index (χ0n) is 12.3. The fraction of sp³-hybridized carbons (Fsp3) is 0.600. The van der Waals surface area contributed by atoms with Crippen LogP contribution in [0, 0.1) is 10.1 Å². The van der Waals surface area contributed by atoms with Crippen molar-refractivity contribution in [3.8, 4) is 5.75 Å². The van der Waals surface area contributed by atoms with Gasteiger partial charge in [0, 0.05) is 18.7 Å². The first-order valence-electron chi connectivity index (χ1n) is 7.36. The maximum Gasteiger partial charge on any atom is 0.310 e. The second-order valence-corrected chi connectivity index (χ2v) is 5.53. The van der Waals surface area contributed by atoms with E-state index in [1.807, 2.05) is 0 Å². The van der Waals surface area contributed by atoms with E-state index in [1.54, 1.807) is 18.2 Å². The molecule has 2 atom stereocenters. The number of β-amino-alcohol motifs (C(OH)–C–C–N with tert-alkyl or cyclic N) is 1. The molecule has 1 saturated heterocycles. The van der Waals surface area contributed by atoms with Crippen LogP contribution in [0.4, 0.5) is 5.69 Å². The zero-order valence-corrected chi connectivity index (χ0v) is 12.3. The van der Waals surface area contributed by atoms with Gasteiger partial charge < -0.3 is 9.84 Å². The summed E-state index contributed by atoms with van der Waals surface area (Å²) in [6.45, 7) is 3.76. The number of benzene rings is 1. The number of ether oxygens (including phenoxy) is 1. The van der Waals surface area contributed by atoms with Crippen LogP contribution in [-0.4, -0.2) is 46.8 Å². The molecule has 0 unspecified atom stereocenters. The highest BCUT2D eigenvalue weighted by Crippen LogP contribution is 2.26. The van der Waals surface area contributed by atoms with Crippen LogP contribution in [0.2, 0.25) is 0 Å². The van der Waals surface area contributed by atoms with Crippen molar-refractivity contribution >= 4 is 5.69 Å². The highest BCUT2D eigenvalue weighted by molar-refractivity contribution is 5.45. The molecule has 0 aliphatic carbocycles. The number of nitro groups is 1. The lowest BCUT2D eigenvalue weighted by atomic mass is 10.0. The maximum absolute atomic E-state index is 10.9. The summed E-state index contributed by atoms with van der Waals surface area (Å²) in [6, 6.07) is 6.69. The van der Waals surface area contributed by atoms with E-state index in [-0.39, 0.29) is 18.0 Å². The van der Waals surface area contributed by atoms with Crippen molar-refractivity contribution in [1.82, 2.24) is 4.90 Å². The maximum atomic E-state index is 10.9. The molecular weight excluding hydrogens is 272 g/mol. The predicted molar refractivity (Wildman–Crippen MR) is 79.5 cm³/mol. The summed E-state index contributed by atoms with van der Waals surface area (Å²) in [4.78, 5) is 12.7. The Morgan fingerprint density at radius 2 is 2.24 bits per heavy atom. The molecule has 6 nitrogen and oxygen atoms in total. The van der Waals surface area contributed by atoms with E-state index in [0.717, 1.165) is 19.4 Å². The molecule has 0 aromatic heterocycles. The van der Waals surface area contributed by atoms with E-state index in [9.17, 15) is 15.2 Å². The Hall–Kier alpha value is -1.66. The van der Waals surface area contributed by atoms with Crippen molar-refractivity contribution in [2.45, 2.75) is 38.3 Å². The molecular formula is C15H22N2O4. The molecule has 116 valence electrons. The molecule has 0 radical (unpaired) electrons. The van der Waals surface area contributed by atoms with E-state index in [1.165, 1.54) is 12.5 Å². The van der Waals surface area contributed by atoms with Crippen molar-refractivity contribution in [3.05, 3.63) is 34.4 Å². The minimum atomic E-state index is -0.648. The first-order valence-corrected chi connectivity index (χ1v) is 7.36. The van der Waals surface area contributed by atoms with Gasteiger partial charge in [0.2, 0.25) is 0 Å². The molecule has 1 N–H and O–H groups in total. The average molecular weight is 294 g/mol. The first-order chi connectivity index (χ1) is 10.1. The smallest absolute Gasteiger partial charge is 0.310 e. The van der Waals surface area contributed by atoms with Crippen LogP contribution in [0.1, 0.15) is 26.2 Å². The molecule has 0 bridgehead atoms. The van der Waals surface area contributed by atoms with E-state index in [4.69, 9.17) is 4.74 Å². The third-order valence-electron chi connectivity index (χ3n) is 3.88. The van der Waals surface area contributed by atoms with Gasteiger partial charge in [-0.25, -0.2) is 0 Å². The average Bonchev–Trinajstić information content (AvgIpc) is 2.48. The molecule has 1 aromatic carbocycles. The largest absolute Gasteiger partial charge is 0.484 e. The van der Waals surface area contributed by atoms with Crippen LogP contribution >= 0.6 is 0 Å². The van der Waals surface area contributed by atoms with Gasteiger partial charge in [0.15, 0.2) is 5.75 Å². The van der Waals surface area contributed by atoms with Crippen LogP contribution in [0.15, 0.2) is 24.3 Å². The second-order valence-electron chi connectivity index (χ2n) is 5.53. The lowest BCUT2D eigenvalue weighted by Crippen LogP contribution is -2.43. The van der Waals surface area contributed by atoms with Gasteiger partial charge in [-0.3, -0.25) is 15.0 Å². The normalized spacial score (nSPS) is 21.0. The second kappa shape index (κ2) is 7.38. The zero-order chi connectivity index (χ0) is 15.2. The summed E-state index contributed by atoms with van der Waals surface area (Å²) < 4.78 is 5.42. The Kier molecular flexibility index (Phi) is 5.52. The van der Waals surface area contributed by atoms with Gasteiger partial charge in [0.25, 0.3) is 0 Å². The number of piperidine rings is 1. The first kappa shape index (κ1) is 15.7. The number of nitrogens with zero attached hydrogens (tertiary/aromatic N) is 2. The van der Waals surface area contributed by atoms with Gasteiger partial charge in [-0.15, -0.1) is 0 Å². The number of para-hydroxylation sites is 2. The van der Waals surface area contributed by atoms with Crippen molar-refractivity contribution in [2.24, 2.45) is 0 Å². The lowest BCUT2D eigenvalue weighted by Gasteiger charge is -2.34. The van der Waals surface area contributed by atoms with Gasteiger partial charge in [-0.1, -0.05) is 18.6 Å². The molecule has 1 heterocycles. The third kappa shape index (κ3) is 4.41. The van der Waals surface area contributed by atoms with Crippen LogP contribution in [0.25, 0.3) is 0 Å². The Bertz CT molecular complexity index is 480. The highest BCUT2D eigenvalue weighted by Gasteiger charge is 2.22. The van der Waals surface area contributed by atoms with Crippen molar-refractivity contribution in [3.63, 3.8) is 0 Å². The number of likely N-dealkylation sites (tertiary alicyclic amines) is 1. The van der Waals surface area contributed by atoms with Crippen LogP contribution in [-0.2, 0) is 0 Å². The van der Waals surface area contributed by atoms with E-state index in [0.29, 0.717) is 12.6 Å². The topological polar surface area (TPSA) is 75.8 Å². The van der Waals surface area contributed by atoms with Crippen molar-refractivity contribution in [2.75, 3.05) is 19.7 Å². The standard InChI is InChI=1S/C15H22N2O4/c1-12-6-4-5-9-16(12)10-13(18)11-21-15-8-3-2-7-14(15)17(19)20/h2-3,7-8,12-13,18H,4-6,9-11H2,1H3/t12-,13-/m0/s1. The Morgan fingerprint density at radius 3 is 2.95 bits per heavy atom. The number of nitro benzene ring substituents is 1. The summed E-state index contributed by atoms with van der Waals surface area (Å²) in [5.41, 5.74) is -0.0731. The lowest BCUT2D eigenvalue weighted by molar-refractivity contribution is -0.385. The molecule has 1 aromatic rings. The van der Waals surface area contributed by atoms with Crippen molar-refractivity contribution in [1.29, 1.82) is 0 Å². The number of hydrogen-bond donors (Lipinski definition) is 1. The molecule has 21 heavy (non-hydrogen) atoms. The Labute approximate surface area is 124 Å². The van der Waals surface area contributed by atoms with Gasteiger partial charge in [0.1, 0.15) is 12.7 Å². The van der Waals surface area contributed by atoms with Crippen LogP contribution < -0.4 is 4.74 Å². The Balaban J connectivity index is 1.86. The number of aliphatic hydroxyl groups excluding tert-OH is 1. The molecule has 0 saturated carbocycles. The number of aliphatic hydroxyl groups is 1. The number of hydrogen-bond acceptors (Lipinski definition) is 5. The highest BCUT2D eigenvalue weighted by atomic mass is 16.6. The van der Waals surface area contributed by atoms with Crippen LogP contribution in [0.3, 0.4) is 0 Å². The quantitative estimate of drug-likeness (QED) is 0.643. The molecule has 0 amide bonds. The van der Waals surface area contributed by atoms with E-state index >= 15 is 0 Å². The van der Waals surface area contributed by atoms with Crippen LogP contribution in [0.5, 0.6) is 5.75 Å². The van der Waals surface area contributed by atoms with Crippen molar-refractivity contribution < 1.29 is 14.8 Å². The minimum absolute atomic E-state index is 0.0636.